The second-order valence-corrected chi connectivity index (χ2v) is 4.82. The second kappa shape index (κ2) is 4.68. The van der Waals surface area contributed by atoms with E-state index in [1.807, 2.05) is 36.6 Å². The lowest BCUT2D eigenvalue weighted by Gasteiger charge is -2.12. The largest absolute Gasteiger partial charge is 0.273 e. The normalized spacial score (nSPS) is 10.1. The molecule has 1 aromatic carbocycles. The zero-order chi connectivity index (χ0) is 11.5. The minimum absolute atomic E-state index is 0.197. The third kappa shape index (κ3) is 2.26. The molecule has 0 bridgehead atoms. The van der Waals surface area contributed by atoms with Gasteiger partial charge in [-0.25, -0.2) is 4.42 Å². The van der Waals surface area contributed by atoms with Crippen molar-refractivity contribution in [3.05, 3.63) is 52.2 Å². The summed E-state index contributed by atoms with van der Waals surface area (Å²) in [6, 6.07) is 11.0. The summed E-state index contributed by atoms with van der Waals surface area (Å²) in [5.74, 6) is -0.197. The van der Waals surface area contributed by atoms with E-state index in [9.17, 15) is 4.79 Å². The van der Waals surface area contributed by atoms with Crippen molar-refractivity contribution in [1.82, 2.24) is 0 Å². The third-order valence-electron chi connectivity index (χ3n) is 2.14. The lowest BCUT2D eigenvalue weighted by atomic mass is 10.2. The predicted octanol–water partition coefficient (Wildman–Crippen LogP) is 3.86. The van der Waals surface area contributed by atoms with E-state index in [1.54, 1.807) is 12.1 Å². The Kier molecular flexibility index (Phi) is 3.27. The highest BCUT2D eigenvalue weighted by Crippen LogP contribution is 2.21. The summed E-state index contributed by atoms with van der Waals surface area (Å²) in [4.78, 5) is 13.1. The molecule has 2 nitrogen and oxygen atoms in total. The molecule has 1 aromatic heterocycles. The van der Waals surface area contributed by atoms with Crippen molar-refractivity contribution < 1.29 is 4.79 Å². The fourth-order valence-electron chi connectivity index (χ4n) is 1.35. The zero-order valence-corrected chi connectivity index (χ0v) is 10.3. The van der Waals surface area contributed by atoms with Gasteiger partial charge in [-0.1, -0.05) is 18.2 Å². The predicted molar refractivity (Wildman–Crippen MR) is 68.2 cm³/mol. The maximum atomic E-state index is 12.0. The maximum absolute atomic E-state index is 12.0. The quantitative estimate of drug-likeness (QED) is 0.743. The number of rotatable bonds is 2. The first-order valence-electron chi connectivity index (χ1n) is 4.79. The molecular formula is C12H10ClNOS. The molecule has 2 aromatic rings. The molecule has 1 heterocycles. The molecule has 0 N–H and O–H groups in total. The van der Waals surface area contributed by atoms with Crippen LogP contribution in [0.25, 0.3) is 0 Å². The van der Waals surface area contributed by atoms with Crippen molar-refractivity contribution in [1.29, 1.82) is 0 Å². The molecule has 0 saturated heterocycles. The first-order valence-corrected chi connectivity index (χ1v) is 6.00. The molecule has 4 heteroatoms. The highest BCUT2D eigenvalue weighted by atomic mass is 35.5. The van der Waals surface area contributed by atoms with E-state index in [-0.39, 0.29) is 5.91 Å². The van der Waals surface area contributed by atoms with E-state index >= 15 is 0 Å². The van der Waals surface area contributed by atoms with Gasteiger partial charge in [-0.05, 0) is 25.1 Å². The van der Waals surface area contributed by atoms with E-state index in [2.05, 4.69) is 0 Å². The molecule has 0 aliphatic carbocycles. The number of para-hydroxylation sites is 1. The van der Waals surface area contributed by atoms with Crippen molar-refractivity contribution in [2.24, 2.45) is 0 Å². The highest BCUT2D eigenvalue weighted by Gasteiger charge is 2.16. The minimum Gasteiger partial charge on any atom is -0.267 e. The van der Waals surface area contributed by atoms with Crippen LogP contribution >= 0.6 is 23.1 Å². The Morgan fingerprint density at radius 1 is 1.31 bits per heavy atom. The molecule has 16 heavy (non-hydrogen) atoms. The van der Waals surface area contributed by atoms with Crippen LogP contribution in [0.3, 0.4) is 0 Å². The fourth-order valence-corrected chi connectivity index (χ4v) is 2.23. The summed E-state index contributed by atoms with van der Waals surface area (Å²) in [6.45, 7) is 1.96. The van der Waals surface area contributed by atoms with Crippen molar-refractivity contribution in [2.75, 3.05) is 4.42 Å². The average molecular weight is 252 g/mol. The van der Waals surface area contributed by atoms with Gasteiger partial charge in [-0.2, -0.15) is 0 Å². The van der Waals surface area contributed by atoms with Gasteiger partial charge in [0.2, 0.25) is 0 Å². The molecule has 0 saturated carbocycles. The van der Waals surface area contributed by atoms with Crippen LogP contribution in [0.4, 0.5) is 5.69 Å². The number of anilines is 1. The van der Waals surface area contributed by atoms with Crippen LogP contribution in [0.1, 0.15) is 15.2 Å². The molecule has 1 amide bonds. The van der Waals surface area contributed by atoms with Gasteiger partial charge in [0.15, 0.2) is 0 Å². The summed E-state index contributed by atoms with van der Waals surface area (Å²) < 4.78 is 1.14. The van der Waals surface area contributed by atoms with E-state index < -0.39 is 0 Å². The number of amides is 1. The van der Waals surface area contributed by atoms with Crippen LogP contribution < -0.4 is 4.42 Å². The van der Waals surface area contributed by atoms with Gasteiger partial charge in [0.25, 0.3) is 5.91 Å². The van der Waals surface area contributed by atoms with Gasteiger partial charge in [-0.3, -0.25) is 4.79 Å². The lowest BCUT2D eigenvalue weighted by Crippen LogP contribution is -2.19. The molecule has 0 aliphatic rings. The van der Waals surface area contributed by atoms with Crippen LogP contribution in [0, 0.1) is 6.92 Å². The standard InChI is InChI=1S/C12H10ClNOS/c1-9-7-10(8-16-9)12(15)14(13)11-5-3-2-4-6-11/h2-8H,1H3. The van der Waals surface area contributed by atoms with Crippen LogP contribution in [-0.2, 0) is 0 Å². The number of carbonyl (C=O) groups excluding carboxylic acids is 1. The smallest absolute Gasteiger partial charge is 0.267 e. The Balaban J connectivity index is 2.23. The summed E-state index contributed by atoms with van der Waals surface area (Å²) in [5, 5.41) is 1.82. The lowest BCUT2D eigenvalue weighted by molar-refractivity contribution is 0.101. The molecule has 0 radical (unpaired) electrons. The second-order valence-electron chi connectivity index (χ2n) is 3.37. The third-order valence-corrected chi connectivity index (χ3v) is 3.35. The van der Waals surface area contributed by atoms with Crippen LogP contribution in [0.5, 0.6) is 0 Å². The minimum atomic E-state index is -0.197. The molecule has 0 atom stereocenters. The monoisotopic (exact) mass is 251 g/mol. The Morgan fingerprint density at radius 3 is 2.56 bits per heavy atom. The molecule has 0 unspecified atom stereocenters. The van der Waals surface area contributed by atoms with Gasteiger partial charge in [0.05, 0.1) is 11.3 Å². The van der Waals surface area contributed by atoms with Gasteiger partial charge in [0, 0.05) is 22.0 Å². The van der Waals surface area contributed by atoms with Gasteiger partial charge < -0.3 is 0 Å². The van der Waals surface area contributed by atoms with Gasteiger partial charge in [0.1, 0.15) is 0 Å². The summed E-state index contributed by atoms with van der Waals surface area (Å²) >= 11 is 7.53. The molecule has 0 spiro atoms. The number of aryl methyl sites for hydroxylation is 1. The topological polar surface area (TPSA) is 20.3 Å². The van der Waals surface area contributed by atoms with Crippen molar-refractivity contribution in [3.8, 4) is 0 Å². The number of nitrogens with zero attached hydrogens (tertiary/aromatic N) is 1. The SMILES string of the molecule is Cc1cc(C(=O)N(Cl)c2ccccc2)cs1. The Bertz CT molecular complexity index is 495. The van der Waals surface area contributed by atoms with E-state index in [0.29, 0.717) is 11.3 Å². The summed E-state index contributed by atoms with van der Waals surface area (Å²) in [5.41, 5.74) is 1.30. The molecular weight excluding hydrogens is 242 g/mol. The number of hydrogen-bond acceptors (Lipinski definition) is 2. The number of benzene rings is 1. The van der Waals surface area contributed by atoms with Gasteiger partial charge >= 0.3 is 0 Å². The number of halogens is 1. The van der Waals surface area contributed by atoms with Crippen molar-refractivity contribution >= 4 is 34.7 Å². The average Bonchev–Trinajstić information content (AvgIpc) is 2.75. The number of carbonyl (C=O) groups is 1. The van der Waals surface area contributed by atoms with E-state index in [0.717, 1.165) is 9.30 Å². The maximum Gasteiger partial charge on any atom is 0.273 e. The first kappa shape index (κ1) is 11.2. The Labute approximate surface area is 103 Å². The molecule has 82 valence electrons. The number of thiophene rings is 1. The van der Waals surface area contributed by atoms with Crippen LogP contribution in [0.2, 0.25) is 0 Å². The highest BCUT2D eigenvalue weighted by molar-refractivity contribution is 7.10. The fraction of sp³-hybridized carbons (Fsp3) is 0.0833. The zero-order valence-electron chi connectivity index (χ0n) is 8.68. The Hall–Kier alpha value is -1.32. The van der Waals surface area contributed by atoms with Crippen molar-refractivity contribution in [3.63, 3.8) is 0 Å². The van der Waals surface area contributed by atoms with Crippen LogP contribution in [-0.4, -0.2) is 5.91 Å². The molecule has 2 rings (SSSR count). The van der Waals surface area contributed by atoms with Crippen molar-refractivity contribution in [2.45, 2.75) is 6.92 Å². The Morgan fingerprint density at radius 2 is 2.00 bits per heavy atom. The summed E-state index contributed by atoms with van der Waals surface area (Å²) in [7, 11) is 0. The van der Waals surface area contributed by atoms with E-state index in [4.69, 9.17) is 11.8 Å². The van der Waals surface area contributed by atoms with E-state index in [1.165, 1.54) is 11.3 Å². The molecule has 0 fully saturated rings. The molecule has 0 aliphatic heterocycles. The number of hydrogen-bond donors (Lipinski definition) is 0. The first-order chi connectivity index (χ1) is 7.68. The van der Waals surface area contributed by atoms with Crippen LogP contribution in [0.15, 0.2) is 41.8 Å². The van der Waals surface area contributed by atoms with Gasteiger partial charge in [-0.15, -0.1) is 11.3 Å². The summed E-state index contributed by atoms with van der Waals surface area (Å²) in [6.07, 6.45) is 0.